The van der Waals surface area contributed by atoms with E-state index in [9.17, 15) is 13.2 Å². The van der Waals surface area contributed by atoms with Crippen LogP contribution in [-0.4, -0.2) is 22.1 Å². The van der Waals surface area contributed by atoms with Crippen molar-refractivity contribution in [1.29, 1.82) is 0 Å². The Bertz CT molecular complexity index is 539. The van der Waals surface area contributed by atoms with Gasteiger partial charge in [-0.25, -0.2) is 0 Å². The largest absolute Gasteiger partial charge is 0.390 e. The predicted molar refractivity (Wildman–Crippen MR) is 68.9 cm³/mol. The first kappa shape index (κ1) is 13.6. The lowest BCUT2D eigenvalue weighted by molar-refractivity contribution is -0.131. The lowest BCUT2D eigenvalue weighted by Gasteiger charge is -2.09. The van der Waals surface area contributed by atoms with E-state index in [0.29, 0.717) is 16.4 Å². The number of nitrogens with two attached hydrogens (primary N) is 1. The summed E-state index contributed by atoms with van der Waals surface area (Å²) in [6.07, 6.45) is -1.90. The topological polar surface area (TPSA) is 63.8 Å². The maximum Gasteiger partial charge on any atom is 0.390 e. The second kappa shape index (κ2) is 5.43. The van der Waals surface area contributed by atoms with Crippen LogP contribution in [0.4, 0.5) is 24.0 Å². The zero-order chi connectivity index (χ0) is 13.9. The summed E-state index contributed by atoms with van der Waals surface area (Å²) < 4.78 is 40.3. The van der Waals surface area contributed by atoms with Crippen LogP contribution in [0.3, 0.4) is 0 Å². The Morgan fingerprint density at radius 3 is 2.58 bits per heavy atom. The average Bonchev–Trinajstić information content (AvgIpc) is 2.70. The zero-order valence-electron chi connectivity index (χ0n) is 9.74. The quantitative estimate of drug-likeness (QED) is 0.907. The van der Waals surface area contributed by atoms with Crippen molar-refractivity contribution in [3.63, 3.8) is 0 Å². The molecule has 2 rings (SSSR count). The fourth-order valence-corrected chi connectivity index (χ4v) is 2.30. The molecule has 2 aromatic rings. The summed E-state index contributed by atoms with van der Waals surface area (Å²) in [5.74, 6) is 0.297. The first-order valence-electron chi connectivity index (χ1n) is 5.43. The molecule has 8 heteroatoms. The van der Waals surface area contributed by atoms with Crippen LogP contribution in [-0.2, 0) is 0 Å². The Morgan fingerprint density at radius 1 is 1.26 bits per heavy atom. The van der Waals surface area contributed by atoms with Crippen molar-refractivity contribution < 1.29 is 13.2 Å². The third kappa shape index (κ3) is 3.57. The van der Waals surface area contributed by atoms with E-state index in [0.717, 1.165) is 17.1 Å². The molecule has 0 aliphatic carbocycles. The Kier molecular flexibility index (Phi) is 3.89. The molecule has 2 aromatic heterocycles. The van der Waals surface area contributed by atoms with Gasteiger partial charge in [-0.2, -0.15) is 17.5 Å². The average molecular weight is 288 g/mol. The van der Waals surface area contributed by atoms with Crippen molar-refractivity contribution in [2.75, 3.05) is 17.6 Å². The minimum atomic E-state index is -4.18. The lowest BCUT2D eigenvalue weighted by atomic mass is 10.1. The second-order valence-electron chi connectivity index (χ2n) is 3.80. The molecule has 0 spiro atoms. The number of alkyl halides is 3. The van der Waals surface area contributed by atoms with Crippen LogP contribution in [0.2, 0.25) is 0 Å². The Hall–Kier alpha value is -1.83. The van der Waals surface area contributed by atoms with Crippen molar-refractivity contribution in [3.05, 3.63) is 24.5 Å². The van der Waals surface area contributed by atoms with Gasteiger partial charge in [-0.05, 0) is 29.2 Å². The van der Waals surface area contributed by atoms with Gasteiger partial charge in [0.25, 0.3) is 0 Å². The molecule has 0 aliphatic heterocycles. The van der Waals surface area contributed by atoms with Crippen LogP contribution in [0.25, 0.3) is 11.1 Å². The minimum Gasteiger partial charge on any atom is -0.382 e. The van der Waals surface area contributed by atoms with Crippen LogP contribution in [0.15, 0.2) is 24.5 Å². The van der Waals surface area contributed by atoms with Crippen molar-refractivity contribution in [3.8, 4) is 11.1 Å². The van der Waals surface area contributed by atoms with Crippen LogP contribution < -0.4 is 11.1 Å². The molecule has 0 saturated carbocycles. The summed E-state index contributed by atoms with van der Waals surface area (Å²) >= 11 is 1.05. The normalized spacial score (nSPS) is 11.5. The van der Waals surface area contributed by atoms with E-state index in [1.165, 1.54) is 0 Å². The Labute approximate surface area is 111 Å². The van der Waals surface area contributed by atoms with Gasteiger partial charge < -0.3 is 11.1 Å². The number of hydrogen-bond acceptors (Lipinski definition) is 5. The number of aromatic nitrogens is 2. The molecule has 0 unspecified atom stereocenters. The van der Waals surface area contributed by atoms with E-state index in [-0.39, 0.29) is 6.54 Å². The van der Waals surface area contributed by atoms with Gasteiger partial charge in [0.1, 0.15) is 10.8 Å². The van der Waals surface area contributed by atoms with Crippen molar-refractivity contribution >= 4 is 22.4 Å². The lowest BCUT2D eigenvalue weighted by Crippen LogP contribution is -2.14. The van der Waals surface area contributed by atoms with Gasteiger partial charge in [0.2, 0.25) is 0 Å². The van der Waals surface area contributed by atoms with E-state index in [2.05, 4.69) is 14.7 Å². The maximum atomic E-state index is 12.1. The molecule has 0 fully saturated rings. The molecule has 0 radical (unpaired) electrons. The fourth-order valence-electron chi connectivity index (χ4n) is 1.54. The molecule has 0 aromatic carbocycles. The Morgan fingerprint density at radius 2 is 1.95 bits per heavy atom. The summed E-state index contributed by atoms with van der Waals surface area (Å²) in [5, 5.41) is 3.26. The van der Waals surface area contributed by atoms with Crippen LogP contribution in [0.5, 0.6) is 0 Å². The number of hydrogen-bond donors (Lipinski definition) is 2. The summed E-state index contributed by atoms with van der Waals surface area (Å²) in [6.45, 7) is -0.205. The van der Waals surface area contributed by atoms with E-state index in [1.807, 2.05) is 0 Å². The number of nitrogen functional groups attached to an aromatic ring is 1. The maximum absolute atomic E-state index is 12.1. The smallest absolute Gasteiger partial charge is 0.382 e. The van der Waals surface area contributed by atoms with Crippen molar-refractivity contribution in [2.24, 2.45) is 0 Å². The zero-order valence-corrected chi connectivity index (χ0v) is 10.6. The number of anilines is 2. The molecule has 0 atom stereocenters. The van der Waals surface area contributed by atoms with Gasteiger partial charge in [-0.3, -0.25) is 4.98 Å². The fraction of sp³-hybridized carbons (Fsp3) is 0.273. The highest BCUT2D eigenvalue weighted by Gasteiger charge is 2.26. The van der Waals surface area contributed by atoms with Crippen molar-refractivity contribution in [2.45, 2.75) is 12.6 Å². The predicted octanol–water partition coefficient (Wildman–Crippen LogP) is 3.15. The number of nitrogens with zero attached hydrogens (tertiary/aromatic N) is 2. The summed E-state index contributed by atoms with van der Waals surface area (Å²) in [5.41, 5.74) is 7.14. The first-order valence-corrected chi connectivity index (χ1v) is 6.21. The molecule has 3 N–H and O–H groups in total. The third-order valence-electron chi connectivity index (χ3n) is 2.38. The number of nitrogens with one attached hydrogen (secondary N) is 1. The van der Waals surface area contributed by atoms with Gasteiger partial charge in [0.05, 0.1) is 12.0 Å². The molecule has 0 saturated heterocycles. The standard InChI is InChI=1S/C11H11F3N4S/c12-11(13,14)3-6-17-10-8(9(15)18-19-10)7-1-4-16-5-2-7/h1-2,4-5,17H,3,6H2,(H2,15,18). The third-order valence-corrected chi connectivity index (χ3v) is 3.20. The van der Waals surface area contributed by atoms with Crippen LogP contribution in [0.1, 0.15) is 6.42 Å². The van der Waals surface area contributed by atoms with Crippen LogP contribution in [0, 0.1) is 0 Å². The van der Waals surface area contributed by atoms with Gasteiger partial charge in [-0.15, -0.1) is 0 Å². The number of halogens is 3. The van der Waals surface area contributed by atoms with Gasteiger partial charge in [0.15, 0.2) is 0 Å². The molecular weight excluding hydrogens is 277 g/mol. The van der Waals surface area contributed by atoms with Gasteiger partial charge in [0, 0.05) is 18.9 Å². The van der Waals surface area contributed by atoms with Crippen molar-refractivity contribution in [1.82, 2.24) is 9.36 Å². The monoisotopic (exact) mass is 288 g/mol. The molecule has 102 valence electrons. The SMILES string of the molecule is Nc1nsc(NCCC(F)(F)F)c1-c1ccncc1. The highest BCUT2D eigenvalue weighted by atomic mass is 32.1. The molecule has 0 aliphatic rings. The van der Waals surface area contributed by atoms with Gasteiger partial charge >= 0.3 is 6.18 Å². The summed E-state index contributed by atoms with van der Waals surface area (Å²) in [6, 6.07) is 3.46. The van der Waals surface area contributed by atoms with E-state index < -0.39 is 12.6 Å². The number of rotatable bonds is 4. The second-order valence-corrected chi connectivity index (χ2v) is 4.57. The molecule has 2 heterocycles. The molecule has 19 heavy (non-hydrogen) atoms. The van der Waals surface area contributed by atoms with E-state index in [4.69, 9.17) is 5.73 Å². The van der Waals surface area contributed by atoms with E-state index >= 15 is 0 Å². The summed E-state index contributed by atoms with van der Waals surface area (Å²) in [4.78, 5) is 3.88. The van der Waals surface area contributed by atoms with Gasteiger partial charge in [-0.1, -0.05) is 0 Å². The first-order chi connectivity index (χ1) is 8.97. The number of pyridine rings is 1. The van der Waals surface area contributed by atoms with E-state index in [1.54, 1.807) is 24.5 Å². The summed E-state index contributed by atoms with van der Waals surface area (Å²) in [7, 11) is 0. The van der Waals surface area contributed by atoms with Crippen LogP contribution >= 0.6 is 11.5 Å². The molecule has 0 amide bonds. The Balaban J connectivity index is 2.15. The highest BCUT2D eigenvalue weighted by Crippen LogP contribution is 2.36. The highest BCUT2D eigenvalue weighted by molar-refractivity contribution is 7.11. The minimum absolute atomic E-state index is 0.205. The molecule has 4 nitrogen and oxygen atoms in total. The molecule has 0 bridgehead atoms. The molecular formula is C11H11F3N4S.